The summed E-state index contributed by atoms with van der Waals surface area (Å²) in [4.78, 5) is 12.7. The summed E-state index contributed by atoms with van der Waals surface area (Å²) in [6, 6.07) is 15.5. The molecule has 0 aliphatic carbocycles. The van der Waals surface area contributed by atoms with Gasteiger partial charge < -0.3 is 14.8 Å². The number of ether oxygens (including phenoxy) is 2. The number of hydrogen-bond acceptors (Lipinski definition) is 3. The zero-order valence-corrected chi connectivity index (χ0v) is 15.4. The lowest BCUT2D eigenvalue weighted by Crippen LogP contribution is -2.39. The van der Waals surface area contributed by atoms with E-state index in [0.717, 1.165) is 17.7 Å². The van der Waals surface area contributed by atoms with E-state index in [1.165, 1.54) is 5.56 Å². The Labute approximate surface area is 150 Å². The van der Waals surface area contributed by atoms with E-state index >= 15 is 0 Å². The van der Waals surface area contributed by atoms with Crippen molar-refractivity contribution in [3.05, 3.63) is 59.7 Å². The molecule has 0 aromatic heterocycles. The van der Waals surface area contributed by atoms with Crippen molar-refractivity contribution in [3.8, 4) is 11.5 Å². The van der Waals surface area contributed by atoms with Gasteiger partial charge in [-0.15, -0.1) is 0 Å². The van der Waals surface area contributed by atoms with E-state index in [0.29, 0.717) is 12.2 Å². The van der Waals surface area contributed by atoms with Crippen molar-refractivity contribution in [2.24, 2.45) is 0 Å². The molecule has 2 aromatic rings. The first-order chi connectivity index (χ1) is 12.1. The minimum atomic E-state index is -0.520. The highest BCUT2D eigenvalue weighted by molar-refractivity contribution is 5.81. The van der Waals surface area contributed by atoms with Gasteiger partial charge in [0.05, 0.1) is 13.2 Å². The van der Waals surface area contributed by atoms with Crippen LogP contribution in [0.5, 0.6) is 11.5 Å². The number of aryl methyl sites for hydroxylation is 1. The lowest BCUT2D eigenvalue weighted by atomic mass is 10.0. The van der Waals surface area contributed by atoms with Crippen molar-refractivity contribution < 1.29 is 14.3 Å². The van der Waals surface area contributed by atoms with Gasteiger partial charge in [0.15, 0.2) is 6.10 Å². The van der Waals surface area contributed by atoms with E-state index in [4.69, 9.17) is 9.47 Å². The average molecular weight is 341 g/mol. The molecule has 4 heteroatoms. The van der Waals surface area contributed by atoms with Gasteiger partial charge in [-0.25, -0.2) is 0 Å². The van der Waals surface area contributed by atoms with Crippen molar-refractivity contribution >= 4 is 5.91 Å². The maximum absolute atomic E-state index is 12.7. The Morgan fingerprint density at radius 2 is 1.56 bits per heavy atom. The molecular weight excluding hydrogens is 314 g/mol. The van der Waals surface area contributed by atoms with Gasteiger partial charge in [0.25, 0.3) is 5.91 Å². The number of rotatable bonds is 8. The fourth-order valence-corrected chi connectivity index (χ4v) is 2.63. The molecule has 0 radical (unpaired) electrons. The quantitative estimate of drug-likeness (QED) is 0.773. The number of amides is 1. The average Bonchev–Trinajstić information content (AvgIpc) is 2.65. The van der Waals surface area contributed by atoms with Crippen LogP contribution in [0.2, 0.25) is 0 Å². The second-order valence-electron chi connectivity index (χ2n) is 6.07. The van der Waals surface area contributed by atoms with Crippen molar-refractivity contribution in [2.45, 2.75) is 45.8 Å². The summed E-state index contributed by atoms with van der Waals surface area (Å²) >= 11 is 0. The van der Waals surface area contributed by atoms with Gasteiger partial charge in [0, 0.05) is 0 Å². The number of nitrogens with one attached hydrogen (secondary N) is 1. The van der Waals surface area contributed by atoms with E-state index in [1.54, 1.807) is 7.11 Å². The summed E-state index contributed by atoms with van der Waals surface area (Å²) in [5.74, 6) is 1.33. The van der Waals surface area contributed by atoms with Crippen LogP contribution in [0, 0.1) is 6.92 Å². The van der Waals surface area contributed by atoms with Gasteiger partial charge in [-0.1, -0.05) is 43.7 Å². The minimum Gasteiger partial charge on any atom is -0.497 e. The molecule has 0 bridgehead atoms. The topological polar surface area (TPSA) is 47.6 Å². The fourth-order valence-electron chi connectivity index (χ4n) is 2.63. The highest BCUT2D eigenvalue weighted by Gasteiger charge is 2.22. The highest BCUT2D eigenvalue weighted by Crippen LogP contribution is 2.21. The monoisotopic (exact) mass is 341 g/mol. The second kappa shape index (κ2) is 9.11. The SMILES string of the molecule is CC[C@H](Oc1ccc(OC)cc1)C(=O)N[C@H](CC)c1ccc(C)cc1. The van der Waals surface area contributed by atoms with Crippen LogP contribution >= 0.6 is 0 Å². The Bertz CT molecular complexity index is 665. The summed E-state index contributed by atoms with van der Waals surface area (Å²) in [5, 5.41) is 3.11. The number of benzene rings is 2. The third-order valence-corrected chi connectivity index (χ3v) is 4.21. The zero-order chi connectivity index (χ0) is 18.2. The number of hydrogen-bond donors (Lipinski definition) is 1. The normalized spacial score (nSPS) is 13.0. The van der Waals surface area contributed by atoms with Crippen LogP contribution in [0.1, 0.15) is 43.9 Å². The molecule has 0 unspecified atom stereocenters. The standard InChI is InChI=1S/C21H27NO3/c1-5-19(16-9-7-15(3)8-10-16)22-21(23)20(6-2)25-18-13-11-17(24-4)12-14-18/h7-14,19-20H,5-6H2,1-4H3,(H,22,23)/t19-,20+/m1/s1. The van der Waals surface area contributed by atoms with Gasteiger partial charge in [-0.2, -0.15) is 0 Å². The van der Waals surface area contributed by atoms with Crippen LogP contribution in [0.4, 0.5) is 0 Å². The summed E-state index contributed by atoms with van der Waals surface area (Å²) in [7, 11) is 1.62. The molecule has 0 aliphatic rings. The van der Waals surface area contributed by atoms with Crippen LogP contribution in [0.15, 0.2) is 48.5 Å². The van der Waals surface area contributed by atoms with E-state index in [2.05, 4.69) is 43.4 Å². The van der Waals surface area contributed by atoms with Gasteiger partial charge in [0.2, 0.25) is 0 Å². The lowest BCUT2D eigenvalue weighted by Gasteiger charge is -2.22. The van der Waals surface area contributed by atoms with Crippen LogP contribution in [-0.4, -0.2) is 19.1 Å². The van der Waals surface area contributed by atoms with Gasteiger partial charge in [-0.05, 0) is 49.6 Å². The molecule has 1 N–H and O–H groups in total. The summed E-state index contributed by atoms with van der Waals surface area (Å²) in [6.45, 7) is 6.07. The third kappa shape index (κ3) is 5.24. The molecular formula is C21H27NO3. The molecule has 0 aliphatic heterocycles. The first-order valence-corrected chi connectivity index (χ1v) is 8.75. The summed E-state index contributed by atoms with van der Waals surface area (Å²) < 4.78 is 11.0. The van der Waals surface area contributed by atoms with Crippen LogP contribution in [0.25, 0.3) is 0 Å². The lowest BCUT2D eigenvalue weighted by molar-refractivity contribution is -0.128. The predicted octanol–water partition coefficient (Wildman–Crippen LogP) is 4.43. The van der Waals surface area contributed by atoms with E-state index in [1.807, 2.05) is 31.2 Å². The Morgan fingerprint density at radius 1 is 0.960 bits per heavy atom. The van der Waals surface area contributed by atoms with E-state index in [9.17, 15) is 4.79 Å². The van der Waals surface area contributed by atoms with Crippen LogP contribution in [-0.2, 0) is 4.79 Å². The van der Waals surface area contributed by atoms with Gasteiger partial charge in [0.1, 0.15) is 11.5 Å². The Balaban J connectivity index is 2.03. The third-order valence-electron chi connectivity index (χ3n) is 4.21. The fraction of sp³-hybridized carbons (Fsp3) is 0.381. The minimum absolute atomic E-state index is 0.0124. The van der Waals surface area contributed by atoms with Gasteiger partial charge in [-0.3, -0.25) is 4.79 Å². The molecule has 25 heavy (non-hydrogen) atoms. The molecule has 2 atom stereocenters. The highest BCUT2D eigenvalue weighted by atomic mass is 16.5. The van der Waals surface area contributed by atoms with Crippen molar-refractivity contribution in [1.29, 1.82) is 0 Å². The summed E-state index contributed by atoms with van der Waals surface area (Å²) in [5.41, 5.74) is 2.32. The number of carbonyl (C=O) groups excluding carboxylic acids is 1. The summed E-state index contributed by atoms with van der Waals surface area (Å²) in [6.07, 6.45) is 0.906. The maximum atomic E-state index is 12.7. The first kappa shape index (κ1) is 18.8. The molecule has 134 valence electrons. The number of carbonyl (C=O) groups is 1. The molecule has 0 saturated carbocycles. The van der Waals surface area contributed by atoms with Gasteiger partial charge >= 0.3 is 0 Å². The molecule has 0 spiro atoms. The van der Waals surface area contributed by atoms with Crippen molar-refractivity contribution in [1.82, 2.24) is 5.32 Å². The largest absolute Gasteiger partial charge is 0.497 e. The molecule has 2 rings (SSSR count). The van der Waals surface area contributed by atoms with E-state index < -0.39 is 6.10 Å². The Hall–Kier alpha value is -2.49. The first-order valence-electron chi connectivity index (χ1n) is 8.75. The Morgan fingerprint density at radius 3 is 2.08 bits per heavy atom. The second-order valence-corrected chi connectivity index (χ2v) is 6.07. The zero-order valence-electron chi connectivity index (χ0n) is 15.4. The molecule has 0 fully saturated rings. The maximum Gasteiger partial charge on any atom is 0.261 e. The molecule has 0 heterocycles. The molecule has 4 nitrogen and oxygen atoms in total. The predicted molar refractivity (Wildman–Crippen MR) is 100 cm³/mol. The molecule has 0 saturated heterocycles. The smallest absolute Gasteiger partial charge is 0.261 e. The number of methoxy groups -OCH3 is 1. The van der Waals surface area contributed by atoms with Crippen LogP contribution < -0.4 is 14.8 Å². The van der Waals surface area contributed by atoms with Crippen molar-refractivity contribution in [3.63, 3.8) is 0 Å². The molecule has 2 aromatic carbocycles. The Kier molecular flexibility index (Phi) is 6.87. The molecule has 1 amide bonds. The van der Waals surface area contributed by atoms with Crippen LogP contribution in [0.3, 0.4) is 0 Å². The van der Waals surface area contributed by atoms with Crippen molar-refractivity contribution in [2.75, 3.05) is 7.11 Å². The van der Waals surface area contributed by atoms with E-state index in [-0.39, 0.29) is 11.9 Å².